The molecule has 0 fully saturated rings. The van der Waals surface area contributed by atoms with Gasteiger partial charge in [-0.3, -0.25) is 9.69 Å². The Bertz CT molecular complexity index is 1140. The highest BCUT2D eigenvalue weighted by Gasteiger charge is 2.32. The minimum atomic E-state index is -0.328. The second-order valence-corrected chi connectivity index (χ2v) is 6.61. The molecule has 2 heterocycles. The summed E-state index contributed by atoms with van der Waals surface area (Å²) in [6, 6.07) is 12.9. The molecule has 6 nitrogen and oxygen atoms in total. The summed E-state index contributed by atoms with van der Waals surface area (Å²) in [5.41, 5.74) is 3.61. The number of aromatic nitrogens is 1. The van der Waals surface area contributed by atoms with Crippen LogP contribution in [0.25, 0.3) is 4.85 Å². The maximum atomic E-state index is 13.7. The molecule has 29 heavy (non-hydrogen) atoms. The summed E-state index contributed by atoms with van der Waals surface area (Å²) in [5.74, 6) is -0.0725. The molecular formula is C22H17FN4O2. The zero-order chi connectivity index (χ0) is 20.5. The number of nitrogens with zero attached hydrogens (tertiary/aromatic N) is 4. The van der Waals surface area contributed by atoms with E-state index in [0.29, 0.717) is 28.5 Å². The number of hydrogen-bond donors (Lipinski definition) is 0. The molecule has 0 N–H and O–H groups in total. The fourth-order valence-electron chi connectivity index (χ4n) is 3.40. The van der Waals surface area contributed by atoms with Gasteiger partial charge in [-0.15, -0.1) is 0 Å². The van der Waals surface area contributed by atoms with Crippen LogP contribution >= 0.6 is 0 Å². The molecule has 1 aliphatic rings. The van der Waals surface area contributed by atoms with Crippen molar-refractivity contribution >= 4 is 28.7 Å². The maximum absolute atomic E-state index is 13.7. The van der Waals surface area contributed by atoms with Gasteiger partial charge < -0.3 is 9.64 Å². The zero-order valence-corrected chi connectivity index (χ0v) is 15.9. The number of aryl methyl sites for hydroxylation is 1. The van der Waals surface area contributed by atoms with Crippen LogP contribution in [-0.2, 0) is 0 Å². The van der Waals surface area contributed by atoms with Crippen LogP contribution in [0.3, 0.4) is 0 Å². The molecule has 1 aromatic heterocycles. The summed E-state index contributed by atoms with van der Waals surface area (Å²) >= 11 is 0. The minimum Gasteiger partial charge on any atom is -0.481 e. The van der Waals surface area contributed by atoms with E-state index >= 15 is 0 Å². The average Bonchev–Trinajstić information content (AvgIpc) is 2.74. The number of amides is 1. The number of halogens is 1. The minimum absolute atomic E-state index is 0.195. The monoisotopic (exact) mass is 388 g/mol. The van der Waals surface area contributed by atoms with Crippen molar-refractivity contribution in [1.82, 2.24) is 4.98 Å². The SMILES string of the molecule is [C-]#[N+]c1ccc2c(c1)N(c1ccc(F)cc1C)CN(c1ccc(OC)nc1)C2=O. The first-order chi connectivity index (χ1) is 14.0. The van der Waals surface area contributed by atoms with Crippen molar-refractivity contribution in [2.24, 2.45) is 0 Å². The van der Waals surface area contributed by atoms with Crippen LogP contribution in [0.5, 0.6) is 5.88 Å². The van der Waals surface area contributed by atoms with Gasteiger partial charge in [-0.2, -0.15) is 0 Å². The van der Waals surface area contributed by atoms with E-state index in [2.05, 4.69) is 9.83 Å². The average molecular weight is 388 g/mol. The van der Waals surface area contributed by atoms with Crippen molar-refractivity contribution in [2.45, 2.75) is 6.92 Å². The van der Waals surface area contributed by atoms with Gasteiger partial charge in [0.25, 0.3) is 5.91 Å². The van der Waals surface area contributed by atoms with Crippen molar-refractivity contribution < 1.29 is 13.9 Å². The molecule has 0 radical (unpaired) electrons. The molecule has 0 atom stereocenters. The molecule has 1 amide bonds. The van der Waals surface area contributed by atoms with E-state index in [9.17, 15) is 9.18 Å². The molecule has 144 valence electrons. The first-order valence-corrected chi connectivity index (χ1v) is 8.89. The normalized spacial score (nSPS) is 13.1. The van der Waals surface area contributed by atoms with E-state index in [1.807, 2.05) is 11.8 Å². The molecule has 0 saturated carbocycles. The third kappa shape index (κ3) is 3.25. The van der Waals surface area contributed by atoms with Crippen molar-refractivity contribution in [3.05, 3.63) is 83.1 Å². The predicted molar refractivity (Wildman–Crippen MR) is 108 cm³/mol. The van der Waals surface area contributed by atoms with Crippen molar-refractivity contribution in [3.63, 3.8) is 0 Å². The molecule has 1 aliphatic heterocycles. The first kappa shape index (κ1) is 18.4. The van der Waals surface area contributed by atoms with E-state index < -0.39 is 0 Å². The van der Waals surface area contributed by atoms with Crippen LogP contribution in [0.4, 0.5) is 27.1 Å². The number of rotatable bonds is 3. The zero-order valence-electron chi connectivity index (χ0n) is 15.9. The molecule has 0 saturated heterocycles. The maximum Gasteiger partial charge on any atom is 0.261 e. The molecule has 4 rings (SSSR count). The van der Waals surface area contributed by atoms with Crippen molar-refractivity contribution in [2.75, 3.05) is 23.6 Å². The standard InChI is InChI=1S/C22H17FN4O2/c1-14-10-15(23)4-8-19(14)27-13-26(17-6-9-21(29-3)25-12-17)22(28)18-7-5-16(24-2)11-20(18)27/h4-12H,13H2,1,3H3. The number of anilines is 3. The van der Waals surface area contributed by atoms with Crippen LogP contribution in [-0.4, -0.2) is 24.7 Å². The number of ether oxygens (including phenoxy) is 1. The number of carbonyl (C=O) groups is 1. The van der Waals surface area contributed by atoms with E-state index in [1.165, 1.54) is 19.2 Å². The summed E-state index contributed by atoms with van der Waals surface area (Å²) in [7, 11) is 1.53. The largest absolute Gasteiger partial charge is 0.481 e. The van der Waals surface area contributed by atoms with Crippen LogP contribution in [0.1, 0.15) is 15.9 Å². The highest BCUT2D eigenvalue weighted by Crippen LogP contribution is 2.39. The van der Waals surface area contributed by atoms with Crippen LogP contribution < -0.4 is 14.5 Å². The Labute approximate surface area is 167 Å². The molecular weight excluding hydrogens is 371 g/mol. The number of pyridine rings is 1. The van der Waals surface area contributed by atoms with Gasteiger partial charge in [0.15, 0.2) is 5.69 Å². The summed E-state index contributed by atoms with van der Waals surface area (Å²) < 4.78 is 18.8. The number of hydrogen-bond acceptors (Lipinski definition) is 4. The first-order valence-electron chi connectivity index (χ1n) is 8.89. The molecule has 7 heteroatoms. The van der Waals surface area contributed by atoms with Gasteiger partial charge in [0, 0.05) is 17.4 Å². The summed E-state index contributed by atoms with van der Waals surface area (Å²) in [6.45, 7) is 9.32. The Kier molecular flexibility index (Phi) is 4.61. The Balaban J connectivity index is 1.86. The second kappa shape index (κ2) is 7.24. The molecule has 0 unspecified atom stereocenters. The van der Waals surface area contributed by atoms with Gasteiger partial charge in [0.05, 0.1) is 31.1 Å². The molecule has 0 spiro atoms. The smallest absolute Gasteiger partial charge is 0.261 e. The summed E-state index contributed by atoms with van der Waals surface area (Å²) in [4.78, 5) is 24.4. The van der Waals surface area contributed by atoms with E-state index in [0.717, 1.165) is 11.3 Å². The van der Waals surface area contributed by atoms with E-state index in [1.54, 1.807) is 47.5 Å². The number of benzene rings is 2. The van der Waals surface area contributed by atoms with Gasteiger partial charge in [-0.25, -0.2) is 14.2 Å². The van der Waals surface area contributed by atoms with Gasteiger partial charge in [-0.05, 0) is 42.8 Å². The van der Waals surface area contributed by atoms with Gasteiger partial charge >= 0.3 is 0 Å². The molecule has 2 aromatic carbocycles. The van der Waals surface area contributed by atoms with Crippen molar-refractivity contribution in [1.29, 1.82) is 0 Å². The lowest BCUT2D eigenvalue weighted by atomic mass is 10.0. The third-order valence-corrected chi connectivity index (χ3v) is 4.85. The third-order valence-electron chi connectivity index (χ3n) is 4.85. The van der Waals surface area contributed by atoms with Gasteiger partial charge in [0.2, 0.25) is 5.88 Å². The fourth-order valence-corrected chi connectivity index (χ4v) is 3.40. The lowest BCUT2D eigenvalue weighted by Crippen LogP contribution is -2.45. The molecule has 0 aliphatic carbocycles. The van der Waals surface area contributed by atoms with Gasteiger partial charge in [0.1, 0.15) is 12.5 Å². The predicted octanol–water partition coefficient (Wildman–Crippen LogP) is 4.84. The highest BCUT2D eigenvalue weighted by atomic mass is 19.1. The Morgan fingerprint density at radius 1 is 1.10 bits per heavy atom. The molecule has 3 aromatic rings. The van der Waals surface area contributed by atoms with Crippen LogP contribution in [0, 0.1) is 19.3 Å². The number of fused-ring (bicyclic) bond motifs is 1. The summed E-state index contributed by atoms with van der Waals surface area (Å²) in [6.07, 6.45) is 1.57. The lowest BCUT2D eigenvalue weighted by molar-refractivity contribution is 0.0983. The fraction of sp³-hybridized carbons (Fsp3) is 0.136. The Hall–Kier alpha value is -3.92. The molecule has 0 bridgehead atoms. The Morgan fingerprint density at radius 3 is 2.59 bits per heavy atom. The summed E-state index contributed by atoms with van der Waals surface area (Å²) in [5, 5.41) is 0. The second-order valence-electron chi connectivity index (χ2n) is 6.61. The highest BCUT2D eigenvalue weighted by molar-refractivity contribution is 6.13. The Morgan fingerprint density at radius 2 is 1.93 bits per heavy atom. The number of methoxy groups -OCH3 is 1. The van der Waals surface area contributed by atoms with Crippen LogP contribution in [0.15, 0.2) is 54.7 Å². The van der Waals surface area contributed by atoms with E-state index in [4.69, 9.17) is 11.3 Å². The topological polar surface area (TPSA) is 50.0 Å². The van der Waals surface area contributed by atoms with E-state index in [-0.39, 0.29) is 18.4 Å². The quantitative estimate of drug-likeness (QED) is 0.602. The van der Waals surface area contributed by atoms with Gasteiger partial charge in [-0.1, -0.05) is 12.1 Å². The lowest BCUT2D eigenvalue weighted by Gasteiger charge is -2.38. The number of carbonyl (C=O) groups excluding carboxylic acids is 1. The van der Waals surface area contributed by atoms with Crippen molar-refractivity contribution in [3.8, 4) is 5.88 Å². The van der Waals surface area contributed by atoms with Crippen LogP contribution in [0.2, 0.25) is 0 Å².